The Morgan fingerprint density at radius 1 is 0.806 bits per heavy atom. The number of ketones is 1. The van der Waals surface area contributed by atoms with E-state index in [0.29, 0.717) is 5.56 Å². The number of hydrogen-bond acceptors (Lipinski definition) is 6. The summed E-state index contributed by atoms with van der Waals surface area (Å²) >= 11 is 0. The highest BCUT2D eigenvalue weighted by atomic mass is 32.2. The minimum absolute atomic E-state index is 0.0727. The number of benzene rings is 3. The van der Waals surface area contributed by atoms with Gasteiger partial charge < -0.3 is 9.47 Å². The van der Waals surface area contributed by atoms with E-state index in [1.807, 2.05) is 6.07 Å². The fraction of sp³-hybridized carbons (Fsp3) is 0.0833. The standard InChI is InChI=1S/C24H18O6S/c25-20-21(30-24(26)29-16-17-10-4-1-5-11-17)23(19-14-8-3-9-15-19)31(27,28)22(20)18-12-6-2-7-13-18/h1-15,22H,16H2. The molecule has 0 bridgehead atoms. The van der Waals surface area contributed by atoms with Crippen molar-refractivity contribution >= 4 is 26.7 Å². The summed E-state index contributed by atoms with van der Waals surface area (Å²) in [5, 5.41) is -1.49. The first kappa shape index (κ1) is 20.6. The molecular weight excluding hydrogens is 416 g/mol. The van der Waals surface area contributed by atoms with Gasteiger partial charge >= 0.3 is 6.16 Å². The van der Waals surface area contributed by atoms with Crippen LogP contribution in [0.1, 0.15) is 21.9 Å². The van der Waals surface area contributed by atoms with Crippen LogP contribution < -0.4 is 0 Å². The van der Waals surface area contributed by atoms with Crippen LogP contribution in [0.5, 0.6) is 0 Å². The summed E-state index contributed by atoms with van der Waals surface area (Å²) in [5.74, 6) is -1.33. The lowest BCUT2D eigenvalue weighted by atomic mass is 10.1. The van der Waals surface area contributed by atoms with Crippen LogP contribution in [-0.4, -0.2) is 20.4 Å². The number of carbonyl (C=O) groups is 2. The minimum Gasteiger partial charge on any atom is -0.429 e. The molecule has 0 spiro atoms. The fourth-order valence-electron chi connectivity index (χ4n) is 3.39. The van der Waals surface area contributed by atoms with Gasteiger partial charge in [-0.05, 0) is 16.7 Å². The molecule has 0 radical (unpaired) electrons. The first-order valence-electron chi connectivity index (χ1n) is 9.50. The normalized spacial score (nSPS) is 17.4. The molecule has 3 aromatic carbocycles. The molecule has 1 aliphatic rings. The summed E-state index contributed by atoms with van der Waals surface area (Å²) in [4.78, 5) is 25.2. The molecule has 0 aliphatic carbocycles. The van der Waals surface area contributed by atoms with Gasteiger partial charge in [0.15, 0.2) is 20.8 Å². The maximum absolute atomic E-state index is 13.4. The van der Waals surface area contributed by atoms with E-state index in [0.717, 1.165) is 5.56 Å². The van der Waals surface area contributed by atoms with Crippen molar-refractivity contribution in [1.29, 1.82) is 0 Å². The quantitative estimate of drug-likeness (QED) is 0.552. The second-order valence-electron chi connectivity index (χ2n) is 6.85. The Bertz CT molecular complexity index is 1230. The van der Waals surface area contributed by atoms with E-state index in [9.17, 15) is 18.0 Å². The first-order chi connectivity index (χ1) is 15.0. The number of ether oxygens (including phenoxy) is 2. The Morgan fingerprint density at radius 3 is 1.97 bits per heavy atom. The highest BCUT2D eigenvalue weighted by Gasteiger charge is 2.50. The molecule has 0 saturated carbocycles. The average molecular weight is 434 g/mol. The smallest absolute Gasteiger partial charge is 0.429 e. The van der Waals surface area contributed by atoms with Crippen molar-refractivity contribution in [3.63, 3.8) is 0 Å². The lowest BCUT2D eigenvalue weighted by Gasteiger charge is -2.10. The van der Waals surface area contributed by atoms with E-state index in [-0.39, 0.29) is 17.1 Å². The monoisotopic (exact) mass is 434 g/mol. The van der Waals surface area contributed by atoms with E-state index in [2.05, 4.69) is 0 Å². The van der Waals surface area contributed by atoms with Gasteiger partial charge in [-0.25, -0.2) is 13.2 Å². The molecule has 1 aliphatic heterocycles. The fourth-order valence-corrected chi connectivity index (χ4v) is 5.39. The van der Waals surface area contributed by atoms with Crippen LogP contribution in [0.25, 0.3) is 4.91 Å². The van der Waals surface area contributed by atoms with Crippen LogP contribution in [0.15, 0.2) is 96.8 Å². The van der Waals surface area contributed by atoms with Crippen molar-refractivity contribution in [2.24, 2.45) is 0 Å². The van der Waals surface area contributed by atoms with E-state index in [1.54, 1.807) is 84.9 Å². The highest BCUT2D eigenvalue weighted by Crippen LogP contribution is 2.44. The van der Waals surface area contributed by atoms with Gasteiger partial charge in [-0.1, -0.05) is 91.0 Å². The Labute approximate surface area is 179 Å². The van der Waals surface area contributed by atoms with Gasteiger partial charge in [0.2, 0.25) is 5.78 Å². The zero-order valence-corrected chi connectivity index (χ0v) is 17.1. The van der Waals surface area contributed by atoms with Crippen molar-refractivity contribution in [2.75, 3.05) is 0 Å². The van der Waals surface area contributed by atoms with Gasteiger partial charge in [-0.2, -0.15) is 0 Å². The minimum atomic E-state index is -4.15. The number of allylic oxidation sites excluding steroid dienone is 1. The molecule has 1 heterocycles. The molecule has 1 unspecified atom stereocenters. The average Bonchev–Trinajstić information content (AvgIpc) is 2.98. The number of Topliss-reactive ketones (excluding diaryl/α,β-unsaturated/α-hetero) is 1. The number of hydrogen-bond donors (Lipinski definition) is 0. The van der Waals surface area contributed by atoms with Gasteiger partial charge in [0.05, 0.1) is 0 Å². The Hall–Kier alpha value is -3.71. The third kappa shape index (κ3) is 4.13. The van der Waals surface area contributed by atoms with Gasteiger partial charge in [0.25, 0.3) is 0 Å². The summed E-state index contributed by atoms with van der Waals surface area (Å²) in [6.45, 7) is -0.0727. The number of sulfone groups is 1. The molecule has 0 saturated heterocycles. The molecule has 0 amide bonds. The molecule has 0 fully saturated rings. The Morgan fingerprint density at radius 2 is 1.35 bits per heavy atom. The van der Waals surface area contributed by atoms with E-state index in [1.165, 1.54) is 0 Å². The van der Waals surface area contributed by atoms with Gasteiger partial charge in [0, 0.05) is 0 Å². The van der Waals surface area contributed by atoms with Crippen molar-refractivity contribution in [1.82, 2.24) is 0 Å². The molecule has 7 heteroatoms. The van der Waals surface area contributed by atoms with Crippen molar-refractivity contribution in [2.45, 2.75) is 11.9 Å². The topological polar surface area (TPSA) is 86.7 Å². The van der Waals surface area contributed by atoms with Crippen LogP contribution in [0, 0.1) is 0 Å². The van der Waals surface area contributed by atoms with Gasteiger partial charge in [-0.15, -0.1) is 0 Å². The maximum atomic E-state index is 13.4. The Kier molecular flexibility index (Phi) is 5.68. The summed E-state index contributed by atoms with van der Waals surface area (Å²) in [6.07, 6.45) is -1.15. The number of carbonyl (C=O) groups excluding carboxylic acids is 2. The van der Waals surface area contributed by atoms with Crippen LogP contribution >= 0.6 is 0 Å². The molecular formula is C24H18O6S. The molecule has 6 nitrogen and oxygen atoms in total. The van der Waals surface area contributed by atoms with Crippen LogP contribution in [0.4, 0.5) is 4.79 Å². The predicted octanol–water partition coefficient (Wildman–Crippen LogP) is 4.45. The van der Waals surface area contributed by atoms with Crippen molar-refractivity contribution in [3.8, 4) is 0 Å². The SMILES string of the molecule is O=C(OCc1ccccc1)OC1=C(c2ccccc2)S(=O)(=O)C(c2ccccc2)C1=O. The van der Waals surface area contributed by atoms with Crippen LogP contribution in [0.3, 0.4) is 0 Å². The maximum Gasteiger partial charge on any atom is 0.514 e. The van der Waals surface area contributed by atoms with E-state index < -0.39 is 32.8 Å². The van der Waals surface area contributed by atoms with Gasteiger partial charge in [-0.3, -0.25) is 4.79 Å². The lowest BCUT2D eigenvalue weighted by molar-refractivity contribution is -0.117. The molecule has 4 rings (SSSR count). The zero-order chi connectivity index (χ0) is 21.8. The Balaban J connectivity index is 1.69. The van der Waals surface area contributed by atoms with Crippen molar-refractivity contribution in [3.05, 3.63) is 113 Å². The zero-order valence-electron chi connectivity index (χ0n) is 16.3. The van der Waals surface area contributed by atoms with Gasteiger partial charge in [0.1, 0.15) is 11.5 Å². The molecule has 31 heavy (non-hydrogen) atoms. The second kappa shape index (κ2) is 8.57. The molecule has 156 valence electrons. The lowest BCUT2D eigenvalue weighted by Crippen LogP contribution is -2.17. The molecule has 1 atom stereocenters. The van der Waals surface area contributed by atoms with E-state index >= 15 is 0 Å². The van der Waals surface area contributed by atoms with Crippen LogP contribution in [-0.2, 0) is 30.7 Å². The third-order valence-electron chi connectivity index (χ3n) is 4.79. The summed E-state index contributed by atoms with van der Waals surface area (Å²) < 4.78 is 37.0. The van der Waals surface area contributed by atoms with Crippen LogP contribution in [0.2, 0.25) is 0 Å². The second-order valence-corrected chi connectivity index (χ2v) is 8.82. The molecule has 0 N–H and O–H groups in total. The molecule has 3 aromatic rings. The largest absolute Gasteiger partial charge is 0.514 e. The predicted molar refractivity (Wildman–Crippen MR) is 114 cm³/mol. The first-order valence-corrected chi connectivity index (χ1v) is 11.0. The summed E-state index contributed by atoms with van der Waals surface area (Å²) in [5.41, 5.74) is 1.29. The summed E-state index contributed by atoms with van der Waals surface area (Å²) in [7, 11) is -4.15. The number of rotatable bonds is 5. The third-order valence-corrected chi connectivity index (χ3v) is 6.88. The highest BCUT2D eigenvalue weighted by molar-refractivity contribution is 8.02. The molecule has 0 aromatic heterocycles. The van der Waals surface area contributed by atoms with Crippen molar-refractivity contribution < 1.29 is 27.5 Å². The van der Waals surface area contributed by atoms with E-state index in [4.69, 9.17) is 9.47 Å². The summed E-state index contributed by atoms with van der Waals surface area (Å²) in [6, 6.07) is 25.2.